The Morgan fingerprint density at radius 2 is 1.61 bits per heavy atom. The predicted octanol–water partition coefficient (Wildman–Crippen LogP) is 3.40. The summed E-state index contributed by atoms with van der Waals surface area (Å²) in [4.78, 5) is 27.9. The van der Waals surface area contributed by atoms with Gasteiger partial charge in [0.15, 0.2) is 0 Å². The number of nitrogens with one attached hydrogen (secondary N) is 1. The lowest BCUT2D eigenvalue weighted by Crippen LogP contribution is -2.52. The monoisotopic (exact) mass is 473 g/mol. The number of hydrogen-bond acceptors (Lipinski definition) is 4. The maximum Gasteiger partial charge on any atom is 0.244 e. The highest BCUT2D eigenvalue weighted by molar-refractivity contribution is 7.92. The maximum atomic E-state index is 13.6. The van der Waals surface area contributed by atoms with Gasteiger partial charge in [-0.15, -0.1) is 0 Å². The summed E-state index contributed by atoms with van der Waals surface area (Å²) < 4.78 is 26.4. The lowest BCUT2D eigenvalue weighted by atomic mass is 10.1. The smallest absolute Gasteiger partial charge is 0.244 e. The molecule has 0 unspecified atom stereocenters. The van der Waals surface area contributed by atoms with Crippen LogP contribution in [0.4, 0.5) is 5.69 Å². The van der Waals surface area contributed by atoms with Gasteiger partial charge in [-0.3, -0.25) is 13.9 Å². The second-order valence-corrected chi connectivity index (χ2v) is 10.2. The van der Waals surface area contributed by atoms with Crippen LogP contribution in [0.15, 0.2) is 48.5 Å². The van der Waals surface area contributed by atoms with E-state index in [-0.39, 0.29) is 19.0 Å². The van der Waals surface area contributed by atoms with Gasteiger partial charge < -0.3 is 10.2 Å². The van der Waals surface area contributed by atoms with E-state index in [1.165, 1.54) is 4.90 Å². The topological polar surface area (TPSA) is 86.8 Å². The number of anilines is 1. The van der Waals surface area contributed by atoms with Crippen LogP contribution in [0, 0.1) is 13.8 Å². The van der Waals surface area contributed by atoms with Crippen molar-refractivity contribution in [3.8, 4) is 0 Å². The Morgan fingerprint density at radius 1 is 1.00 bits per heavy atom. The molecule has 33 heavy (non-hydrogen) atoms. The molecule has 0 fully saturated rings. The summed E-state index contributed by atoms with van der Waals surface area (Å²) in [7, 11) is -3.73. The van der Waals surface area contributed by atoms with Crippen molar-refractivity contribution in [3.05, 3.63) is 65.2 Å². The van der Waals surface area contributed by atoms with Crippen LogP contribution in [0.2, 0.25) is 0 Å². The van der Waals surface area contributed by atoms with E-state index in [2.05, 4.69) is 5.32 Å². The first-order valence-corrected chi connectivity index (χ1v) is 13.1. The molecule has 0 radical (unpaired) electrons. The zero-order valence-corrected chi connectivity index (χ0v) is 21.0. The number of hydrogen-bond donors (Lipinski definition) is 1. The Bertz CT molecular complexity index is 1030. The third-order valence-electron chi connectivity index (χ3n) is 5.30. The molecule has 1 atom stereocenters. The first-order chi connectivity index (χ1) is 15.6. The number of carbonyl (C=O) groups excluding carboxylic acids is 2. The second-order valence-electron chi connectivity index (χ2n) is 8.34. The number of aryl methyl sites for hydroxylation is 2. The van der Waals surface area contributed by atoms with Crippen LogP contribution < -0.4 is 9.62 Å². The van der Waals surface area contributed by atoms with Gasteiger partial charge in [-0.25, -0.2) is 8.42 Å². The number of benzene rings is 2. The van der Waals surface area contributed by atoms with Gasteiger partial charge >= 0.3 is 0 Å². The fourth-order valence-electron chi connectivity index (χ4n) is 3.77. The molecule has 0 aliphatic heterocycles. The standard InChI is InChI=1S/C25H35N3O4S/c1-6-13-26-25(30)23(7-2)27(17-21-11-9-8-10-12-21)24(29)18-28(33(5,31)32)22-15-19(3)14-20(4)16-22/h8-12,14-16,23H,6-7,13,17-18H2,1-5H3,(H,26,30)/t23-/m1/s1. The molecule has 0 aromatic heterocycles. The van der Waals surface area contributed by atoms with Crippen LogP contribution in [-0.2, 0) is 26.2 Å². The van der Waals surface area contributed by atoms with Crippen LogP contribution in [0.5, 0.6) is 0 Å². The van der Waals surface area contributed by atoms with E-state index in [1.54, 1.807) is 12.1 Å². The molecule has 2 rings (SSSR count). The predicted molar refractivity (Wildman–Crippen MR) is 132 cm³/mol. The van der Waals surface area contributed by atoms with Crippen LogP contribution in [-0.4, -0.2) is 50.5 Å². The molecule has 2 aromatic rings. The molecule has 0 saturated heterocycles. The van der Waals surface area contributed by atoms with Gasteiger partial charge in [0.2, 0.25) is 21.8 Å². The summed E-state index contributed by atoms with van der Waals surface area (Å²) in [6.45, 7) is 7.91. The van der Waals surface area contributed by atoms with Crippen LogP contribution in [0.25, 0.3) is 0 Å². The van der Waals surface area contributed by atoms with E-state index < -0.39 is 22.0 Å². The SMILES string of the molecule is CCCNC(=O)[C@@H](CC)N(Cc1ccccc1)C(=O)CN(c1cc(C)cc(C)c1)S(C)(=O)=O. The number of sulfonamides is 1. The van der Waals surface area contributed by atoms with Crippen molar-refractivity contribution >= 4 is 27.5 Å². The van der Waals surface area contributed by atoms with Gasteiger partial charge in [-0.05, 0) is 55.5 Å². The minimum Gasteiger partial charge on any atom is -0.354 e. The largest absolute Gasteiger partial charge is 0.354 e. The molecule has 2 aromatic carbocycles. The number of nitrogens with zero attached hydrogens (tertiary/aromatic N) is 2. The molecule has 0 heterocycles. The van der Waals surface area contributed by atoms with Crippen molar-refractivity contribution in [3.63, 3.8) is 0 Å². The van der Waals surface area contributed by atoms with Crippen LogP contribution >= 0.6 is 0 Å². The van der Waals surface area contributed by atoms with Gasteiger partial charge in [0.05, 0.1) is 11.9 Å². The zero-order chi connectivity index (χ0) is 24.6. The van der Waals surface area contributed by atoms with E-state index in [0.29, 0.717) is 18.7 Å². The molecule has 0 saturated carbocycles. The second kappa shape index (κ2) is 11.8. The molecule has 0 aliphatic rings. The van der Waals surface area contributed by atoms with Crippen molar-refractivity contribution in [1.82, 2.24) is 10.2 Å². The molecule has 0 bridgehead atoms. The molecule has 2 amide bonds. The lowest BCUT2D eigenvalue weighted by Gasteiger charge is -2.33. The summed E-state index contributed by atoms with van der Waals surface area (Å²) >= 11 is 0. The fraction of sp³-hybridized carbons (Fsp3) is 0.440. The average molecular weight is 474 g/mol. The quantitative estimate of drug-likeness (QED) is 0.542. The third kappa shape index (κ3) is 7.60. The lowest BCUT2D eigenvalue weighted by molar-refractivity contribution is -0.140. The molecular formula is C25H35N3O4S. The molecular weight excluding hydrogens is 438 g/mol. The average Bonchev–Trinajstić information content (AvgIpc) is 2.74. The summed E-state index contributed by atoms with van der Waals surface area (Å²) in [5.74, 6) is -0.664. The van der Waals surface area contributed by atoms with Gasteiger partial charge in [0, 0.05) is 13.1 Å². The van der Waals surface area contributed by atoms with E-state index in [0.717, 1.165) is 33.7 Å². The van der Waals surface area contributed by atoms with Crippen molar-refractivity contribution in [2.45, 2.75) is 53.1 Å². The number of carbonyl (C=O) groups is 2. The molecule has 0 aliphatic carbocycles. The van der Waals surface area contributed by atoms with Crippen molar-refractivity contribution in [2.24, 2.45) is 0 Å². The van der Waals surface area contributed by atoms with Gasteiger partial charge in [0.1, 0.15) is 12.6 Å². The number of amides is 2. The summed E-state index contributed by atoms with van der Waals surface area (Å²) in [6, 6.07) is 14.1. The first-order valence-electron chi connectivity index (χ1n) is 11.2. The Balaban J connectivity index is 2.42. The highest BCUT2D eigenvalue weighted by atomic mass is 32.2. The Hall–Kier alpha value is -2.87. The van der Waals surface area contributed by atoms with E-state index >= 15 is 0 Å². The Morgan fingerprint density at radius 3 is 2.12 bits per heavy atom. The van der Waals surface area contributed by atoms with Gasteiger partial charge in [0.25, 0.3) is 0 Å². The minimum atomic E-state index is -3.73. The Kier molecular flexibility index (Phi) is 9.46. The van der Waals surface area contributed by atoms with Crippen molar-refractivity contribution < 1.29 is 18.0 Å². The molecule has 0 spiro atoms. The minimum absolute atomic E-state index is 0.210. The number of rotatable bonds is 11. The van der Waals surface area contributed by atoms with Crippen molar-refractivity contribution in [2.75, 3.05) is 23.7 Å². The molecule has 7 nitrogen and oxygen atoms in total. The molecule has 8 heteroatoms. The summed E-state index contributed by atoms with van der Waals surface area (Å²) in [5.41, 5.74) is 3.10. The summed E-state index contributed by atoms with van der Waals surface area (Å²) in [6.07, 6.45) is 2.28. The van der Waals surface area contributed by atoms with Crippen LogP contribution in [0.1, 0.15) is 43.4 Å². The van der Waals surface area contributed by atoms with E-state index in [9.17, 15) is 18.0 Å². The van der Waals surface area contributed by atoms with Gasteiger partial charge in [-0.2, -0.15) is 0 Å². The highest BCUT2D eigenvalue weighted by Gasteiger charge is 2.31. The van der Waals surface area contributed by atoms with Gasteiger partial charge in [-0.1, -0.05) is 50.2 Å². The normalized spacial score (nSPS) is 12.2. The highest BCUT2D eigenvalue weighted by Crippen LogP contribution is 2.22. The molecule has 1 N–H and O–H groups in total. The first kappa shape index (κ1) is 26.4. The fourth-order valence-corrected chi connectivity index (χ4v) is 4.61. The van der Waals surface area contributed by atoms with Crippen LogP contribution in [0.3, 0.4) is 0 Å². The van der Waals surface area contributed by atoms with Crippen molar-refractivity contribution in [1.29, 1.82) is 0 Å². The maximum absolute atomic E-state index is 13.6. The van der Waals surface area contributed by atoms with E-state index in [4.69, 9.17) is 0 Å². The van der Waals surface area contributed by atoms with E-state index in [1.807, 2.05) is 64.1 Å². The zero-order valence-electron chi connectivity index (χ0n) is 20.2. The summed E-state index contributed by atoms with van der Waals surface area (Å²) in [5, 5.41) is 2.87. The third-order valence-corrected chi connectivity index (χ3v) is 6.45. The Labute approximate surface area is 197 Å². The molecule has 180 valence electrons.